The van der Waals surface area contributed by atoms with Crippen molar-refractivity contribution in [3.05, 3.63) is 53.1 Å². The normalized spacial score (nSPS) is 16.9. The van der Waals surface area contributed by atoms with Crippen LogP contribution in [0.5, 0.6) is 5.75 Å². The average molecular weight is 579 g/mol. The van der Waals surface area contributed by atoms with Crippen LogP contribution in [0.1, 0.15) is 48.7 Å². The third-order valence-electron chi connectivity index (χ3n) is 7.84. The fourth-order valence-corrected chi connectivity index (χ4v) is 6.68. The molecule has 0 radical (unpaired) electrons. The van der Waals surface area contributed by atoms with Crippen molar-refractivity contribution >= 4 is 44.5 Å². The van der Waals surface area contributed by atoms with Gasteiger partial charge in [0, 0.05) is 39.3 Å². The second-order valence-electron chi connectivity index (χ2n) is 12.1. The SMILES string of the molecule is COc1cc2sc(N(C)C(=O)C3(CC(=O)OC(C)(C)C)Cc4ccccc4C3)nc2cc1C(=O)N1CCN(C)CC1. The second-order valence-corrected chi connectivity index (χ2v) is 13.2. The van der Waals surface area contributed by atoms with Gasteiger partial charge in [-0.2, -0.15) is 0 Å². The number of ether oxygens (including phenoxy) is 2. The number of aromatic nitrogens is 1. The zero-order valence-corrected chi connectivity index (χ0v) is 25.5. The number of piperazine rings is 1. The van der Waals surface area contributed by atoms with Crippen LogP contribution in [0.25, 0.3) is 10.2 Å². The van der Waals surface area contributed by atoms with Crippen molar-refractivity contribution in [2.45, 2.75) is 45.6 Å². The van der Waals surface area contributed by atoms with E-state index in [1.54, 1.807) is 25.1 Å². The van der Waals surface area contributed by atoms with Gasteiger partial charge in [0.05, 0.1) is 34.7 Å². The van der Waals surface area contributed by atoms with E-state index < -0.39 is 17.0 Å². The highest BCUT2D eigenvalue weighted by atomic mass is 32.1. The van der Waals surface area contributed by atoms with Crippen molar-refractivity contribution in [2.24, 2.45) is 5.41 Å². The van der Waals surface area contributed by atoms with Gasteiger partial charge in [-0.3, -0.25) is 19.3 Å². The number of rotatable bonds is 6. The molecule has 1 aromatic heterocycles. The number of esters is 1. The Morgan fingerprint density at radius 2 is 1.68 bits per heavy atom. The number of fused-ring (bicyclic) bond motifs is 2. The number of likely N-dealkylation sites (N-methyl/N-ethyl adjacent to an activating group) is 1. The van der Waals surface area contributed by atoms with E-state index in [4.69, 9.17) is 14.5 Å². The molecule has 2 heterocycles. The number of hydrogen-bond acceptors (Lipinski definition) is 8. The molecule has 1 fully saturated rings. The topological polar surface area (TPSA) is 92.3 Å². The standard InChI is InChI=1S/C31H38N4O5S/c1-30(2,3)40-26(36)19-31(17-20-9-7-8-10-21(20)18-31)28(38)34(5)29-32-23-15-22(24(39-6)16-25(23)41-29)27(37)35-13-11-33(4)12-14-35/h7-10,15-16H,11-14,17-19H2,1-6H3. The van der Waals surface area contributed by atoms with Gasteiger partial charge in [-0.05, 0) is 57.9 Å². The Labute approximate surface area is 245 Å². The smallest absolute Gasteiger partial charge is 0.307 e. The molecule has 2 aromatic carbocycles. The molecule has 2 aliphatic rings. The zero-order valence-electron chi connectivity index (χ0n) is 24.7. The third-order valence-corrected chi connectivity index (χ3v) is 8.94. The number of anilines is 1. The highest BCUT2D eigenvalue weighted by Crippen LogP contribution is 2.43. The van der Waals surface area contributed by atoms with E-state index >= 15 is 0 Å². The highest BCUT2D eigenvalue weighted by molar-refractivity contribution is 7.22. The summed E-state index contributed by atoms with van der Waals surface area (Å²) in [7, 11) is 5.30. The predicted molar refractivity (Wildman–Crippen MR) is 160 cm³/mol. The molecule has 0 saturated carbocycles. The Hall–Kier alpha value is -3.50. The molecule has 218 valence electrons. The van der Waals surface area contributed by atoms with E-state index in [1.165, 1.54) is 11.3 Å². The largest absolute Gasteiger partial charge is 0.496 e. The Kier molecular flexibility index (Phi) is 7.82. The van der Waals surface area contributed by atoms with Crippen LogP contribution in [0.4, 0.5) is 5.13 Å². The molecule has 0 spiro atoms. The molecule has 5 rings (SSSR count). The molecule has 3 aromatic rings. The van der Waals surface area contributed by atoms with Crippen LogP contribution in [0.15, 0.2) is 36.4 Å². The zero-order chi connectivity index (χ0) is 29.5. The summed E-state index contributed by atoms with van der Waals surface area (Å²) in [6.07, 6.45) is 0.881. The summed E-state index contributed by atoms with van der Waals surface area (Å²) in [5, 5.41) is 0.496. The van der Waals surface area contributed by atoms with Crippen molar-refractivity contribution in [3.63, 3.8) is 0 Å². The lowest BCUT2D eigenvalue weighted by atomic mass is 9.80. The third kappa shape index (κ3) is 5.94. The molecule has 1 aliphatic heterocycles. The van der Waals surface area contributed by atoms with Crippen LogP contribution in [0, 0.1) is 5.41 Å². The lowest BCUT2D eigenvalue weighted by molar-refractivity contribution is -0.159. The van der Waals surface area contributed by atoms with Gasteiger partial charge in [0.1, 0.15) is 11.4 Å². The number of hydrogen-bond donors (Lipinski definition) is 0. The second kappa shape index (κ2) is 11.1. The summed E-state index contributed by atoms with van der Waals surface area (Å²) >= 11 is 1.36. The van der Waals surface area contributed by atoms with Gasteiger partial charge in [0.25, 0.3) is 5.91 Å². The van der Waals surface area contributed by atoms with Crippen molar-refractivity contribution < 1.29 is 23.9 Å². The first-order chi connectivity index (χ1) is 19.4. The van der Waals surface area contributed by atoms with E-state index in [0.29, 0.717) is 47.9 Å². The summed E-state index contributed by atoms with van der Waals surface area (Å²) < 4.78 is 12.1. The molecular formula is C31H38N4O5S. The molecule has 0 bridgehead atoms. The number of nitrogens with zero attached hydrogens (tertiary/aromatic N) is 4. The van der Waals surface area contributed by atoms with Gasteiger partial charge in [0.2, 0.25) is 5.91 Å². The maximum absolute atomic E-state index is 14.2. The Morgan fingerprint density at radius 3 is 2.27 bits per heavy atom. The van der Waals surface area contributed by atoms with Gasteiger partial charge in [-0.1, -0.05) is 35.6 Å². The Balaban J connectivity index is 1.45. The minimum absolute atomic E-state index is 0.0233. The van der Waals surface area contributed by atoms with Gasteiger partial charge in [0.15, 0.2) is 5.13 Å². The summed E-state index contributed by atoms with van der Waals surface area (Å²) in [6, 6.07) is 11.5. The molecule has 41 heavy (non-hydrogen) atoms. The van der Waals surface area contributed by atoms with Gasteiger partial charge in [-0.15, -0.1) is 0 Å². The lowest BCUT2D eigenvalue weighted by Gasteiger charge is -2.32. The number of carbonyl (C=O) groups is 3. The van der Waals surface area contributed by atoms with E-state index in [-0.39, 0.29) is 18.2 Å². The van der Waals surface area contributed by atoms with Crippen LogP contribution in [-0.2, 0) is 27.2 Å². The molecule has 0 atom stereocenters. The molecule has 0 unspecified atom stereocenters. The van der Waals surface area contributed by atoms with E-state index in [1.807, 2.05) is 63.1 Å². The molecule has 2 amide bonds. The van der Waals surface area contributed by atoms with Crippen molar-refractivity contribution in [1.82, 2.24) is 14.8 Å². The minimum atomic E-state index is -0.973. The van der Waals surface area contributed by atoms with Gasteiger partial charge < -0.3 is 19.3 Å². The quantitative estimate of drug-likeness (QED) is 0.406. The summed E-state index contributed by atoms with van der Waals surface area (Å²) in [4.78, 5) is 51.0. The molecule has 1 aliphatic carbocycles. The van der Waals surface area contributed by atoms with Crippen molar-refractivity contribution in [2.75, 3.05) is 52.3 Å². The van der Waals surface area contributed by atoms with E-state index in [2.05, 4.69) is 4.90 Å². The van der Waals surface area contributed by atoms with Crippen LogP contribution in [-0.4, -0.2) is 85.6 Å². The maximum atomic E-state index is 14.2. The van der Waals surface area contributed by atoms with Crippen LogP contribution >= 0.6 is 11.3 Å². The number of benzene rings is 2. The van der Waals surface area contributed by atoms with E-state index in [9.17, 15) is 14.4 Å². The lowest BCUT2D eigenvalue weighted by Crippen LogP contribution is -2.47. The molecule has 9 nitrogen and oxygen atoms in total. The van der Waals surface area contributed by atoms with Crippen molar-refractivity contribution in [3.8, 4) is 5.75 Å². The average Bonchev–Trinajstić information content (AvgIpc) is 3.51. The summed E-state index contributed by atoms with van der Waals surface area (Å²) in [6.45, 7) is 8.42. The van der Waals surface area contributed by atoms with Crippen LogP contribution < -0.4 is 9.64 Å². The molecule has 10 heteroatoms. The maximum Gasteiger partial charge on any atom is 0.307 e. The first-order valence-corrected chi connectivity index (χ1v) is 14.7. The Bertz CT molecular complexity index is 1460. The number of methoxy groups -OCH3 is 1. The minimum Gasteiger partial charge on any atom is -0.496 e. The van der Waals surface area contributed by atoms with Crippen LogP contribution in [0.3, 0.4) is 0 Å². The van der Waals surface area contributed by atoms with Crippen LogP contribution in [0.2, 0.25) is 0 Å². The first kappa shape index (κ1) is 29.0. The van der Waals surface area contributed by atoms with Crippen molar-refractivity contribution in [1.29, 1.82) is 0 Å². The Morgan fingerprint density at radius 1 is 1.05 bits per heavy atom. The fourth-order valence-electron chi connectivity index (χ4n) is 5.74. The first-order valence-electron chi connectivity index (χ1n) is 13.9. The number of carbonyl (C=O) groups excluding carboxylic acids is 3. The molecule has 0 N–H and O–H groups in total. The monoisotopic (exact) mass is 578 g/mol. The van der Waals surface area contributed by atoms with Gasteiger partial charge in [-0.25, -0.2) is 4.98 Å². The molecule has 1 saturated heterocycles. The predicted octanol–water partition coefficient (Wildman–Crippen LogP) is 4.17. The van der Waals surface area contributed by atoms with E-state index in [0.717, 1.165) is 28.9 Å². The summed E-state index contributed by atoms with van der Waals surface area (Å²) in [5.74, 6) is -0.179. The summed E-state index contributed by atoms with van der Waals surface area (Å²) in [5.41, 5.74) is 1.60. The highest BCUT2D eigenvalue weighted by Gasteiger charge is 2.48. The fraction of sp³-hybridized carbons (Fsp3) is 0.484. The van der Waals surface area contributed by atoms with Gasteiger partial charge >= 0.3 is 5.97 Å². The molecular weight excluding hydrogens is 540 g/mol. The number of amides is 2. The number of thiazole rings is 1.